The Kier molecular flexibility index (Phi) is 5.80. The number of nitrogens with one attached hydrogen (secondary N) is 1. The monoisotopic (exact) mass is 444 g/mol. The van der Waals surface area contributed by atoms with E-state index in [2.05, 4.69) is 31.4 Å². The number of methoxy groups -OCH3 is 1. The molecule has 1 amide bonds. The van der Waals surface area contributed by atoms with Crippen LogP contribution in [0.4, 0.5) is 5.69 Å². The minimum absolute atomic E-state index is 0.0845. The molecule has 9 nitrogen and oxygen atoms in total. The van der Waals surface area contributed by atoms with Gasteiger partial charge in [-0.1, -0.05) is 0 Å². The number of halogens is 1. The van der Waals surface area contributed by atoms with Crippen molar-refractivity contribution in [1.82, 2.24) is 10.4 Å². The van der Waals surface area contributed by atoms with Gasteiger partial charge in [-0.3, -0.25) is 19.9 Å². The highest BCUT2D eigenvalue weighted by Gasteiger charge is 2.15. The van der Waals surface area contributed by atoms with Crippen LogP contribution in [0.5, 0.6) is 5.75 Å². The fourth-order valence-corrected chi connectivity index (χ4v) is 2.68. The molecule has 0 saturated heterocycles. The summed E-state index contributed by atoms with van der Waals surface area (Å²) < 4.78 is 11.5. The Morgan fingerprint density at radius 2 is 2.14 bits per heavy atom. The van der Waals surface area contributed by atoms with Crippen molar-refractivity contribution < 1.29 is 18.9 Å². The first-order chi connectivity index (χ1) is 13.5. The van der Waals surface area contributed by atoms with E-state index in [1.54, 1.807) is 30.5 Å². The largest absolute Gasteiger partial charge is 0.496 e. The maximum absolute atomic E-state index is 12.0. The fraction of sp³-hybridized carbons (Fsp3) is 0.0556. The van der Waals surface area contributed by atoms with Gasteiger partial charge in [-0.2, -0.15) is 5.10 Å². The van der Waals surface area contributed by atoms with Crippen LogP contribution < -0.4 is 10.2 Å². The number of furan rings is 1. The number of hydrogen-bond acceptors (Lipinski definition) is 7. The number of amides is 1. The zero-order chi connectivity index (χ0) is 20.1. The van der Waals surface area contributed by atoms with Crippen molar-refractivity contribution in [3.63, 3.8) is 0 Å². The topological polar surface area (TPSA) is 120 Å². The lowest BCUT2D eigenvalue weighted by atomic mass is 10.1. The number of nitrogens with zero attached hydrogens (tertiary/aromatic N) is 3. The van der Waals surface area contributed by atoms with Gasteiger partial charge in [0.1, 0.15) is 17.3 Å². The number of carbonyl (C=O) groups is 1. The van der Waals surface area contributed by atoms with Crippen molar-refractivity contribution in [3.05, 3.63) is 74.7 Å². The van der Waals surface area contributed by atoms with Crippen LogP contribution in [-0.4, -0.2) is 29.1 Å². The number of nitro benzene ring substituents is 1. The Morgan fingerprint density at radius 1 is 1.32 bits per heavy atom. The first-order valence-electron chi connectivity index (χ1n) is 7.84. The number of benzene rings is 1. The SMILES string of the molecule is COc1cc([N+](=O)[O-])ccc1-c1ccc(/C=N\NC(=O)c2cncc(Br)c2)o1. The quantitative estimate of drug-likeness (QED) is 0.350. The normalized spacial score (nSPS) is 10.8. The number of ether oxygens (including phenoxy) is 1. The minimum Gasteiger partial charge on any atom is -0.496 e. The van der Waals surface area contributed by atoms with E-state index in [1.807, 2.05) is 0 Å². The second kappa shape index (κ2) is 8.44. The van der Waals surface area contributed by atoms with Crippen molar-refractivity contribution in [3.8, 4) is 17.1 Å². The van der Waals surface area contributed by atoms with Crippen LogP contribution in [0.25, 0.3) is 11.3 Å². The molecule has 2 heterocycles. The van der Waals surface area contributed by atoms with Gasteiger partial charge < -0.3 is 9.15 Å². The van der Waals surface area contributed by atoms with Crippen LogP contribution in [-0.2, 0) is 0 Å². The van der Waals surface area contributed by atoms with Gasteiger partial charge in [0.05, 0.1) is 35.4 Å². The summed E-state index contributed by atoms with van der Waals surface area (Å²) in [4.78, 5) is 26.3. The molecule has 0 unspecified atom stereocenters. The van der Waals surface area contributed by atoms with Gasteiger partial charge in [0.25, 0.3) is 11.6 Å². The van der Waals surface area contributed by atoms with E-state index < -0.39 is 10.8 Å². The summed E-state index contributed by atoms with van der Waals surface area (Å²) in [7, 11) is 1.42. The zero-order valence-electron chi connectivity index (χ0n) is 14.5. The minimum atomic E-state index is -0.504. The Labute approximate surface area is 167 Å². The molecule has 0 aliphatic carbocycles. The number of rotatable bonds is 6. The predicted molar refractivity (Wildman–Crippen MR) is 104 cm³/mol. The number of pyridine rings is 1. The van der Waals surface area contributed by atoms with Crippen LogP contribution in [0.15, 0.2) is 62.8 Å². The lowest BCUT2D eigenvalue weighted by Gasteiger charge is -2.05. The molecule has 0 aliphatic rings. The summed E-state index contributed by atoms with van der Waals surface area (Å²) in [5, 5.41) is 14.7. The smallest absolute Gasteiger partial charge is 0.273 e. The van der Waals surface area contributed by atoms with Gasteiger partial charge >= 0.3 is 0 Å². The molecule has 0 fully saturated rings. The van der Waals surface area contributed by atoms with E-state index in [0.29, 0.717) is 32.9 Å². The summed E-state index contributed by atoms with van der Waals surface area (Å²) in [6.45, 7) is 0. The van der Waals surface area contributed by atoms with E-state index in [0.717, 1.165) is 0 Å². The predicted octanol–water partition coefficient (Wildman–Crippen LogP) is 3.78. The molecule has 0 radical (unpaired) electrons. The van der Waals surface area contributed by atoms with E-state index in [9.17, 15) is 14.9 Å². The van der Waals surface area contributed by atoms with Crippen LogP contribution in [0.2, 0.25) is 0 Å². The molecule has 1 aromatic carbocycles. The summed E-state index contributed by atoms with van der Waals surface area (Å²) in [6.07, 6.45) is 4.32. The van der Waals surface area contributed by atoms with Gasteiger partial charge in [-0.05, 0) is 40.2 Å². The first kappa shape index (κ1) is 19.2. The first-order valence-corrected chi connectivity index (χ1v) is 8.64. The lowest BCUT2D eigenvalue weighted by Crippen LogP contribution is -2.17. The van der Waals surface area contributed by atoms with Crippen molar-refractivity contribution in [2.24, 2.45) is 5.10 Å². The van der Waals surface area contributed by atoms with E-state index >= 15 is 0 Å². The van der Waals surface area contributed by atoms with Crippen molar-refractivity contribution in [2.75, 3.05) is 7.11 Å². The molecule has 3 aromatic rings. The maximum Gasteiger partial charge on any atom is 0.273 e. The van der Waals surface area contributed by atoms with Crippen LogP contribution in [0, 0.1) is 10.1 Å². The molecule has 0 spiro atoms. The van der Waals surface area contributed by atoms with Crippen molar-refractivity contribution >= 4 is 33.7 Å². The molecular weight excluding hydrogens is 432 g/mol. The highest BCUT2D eigenvalue weighted by Crippen LogP contribution is 2.33. The molecule has 10 heteroatoms. The van der Waals surface area contributed by atoms with Crippen LogP contribution >= 0.6 is 15.9 Å². The Bertz CT molecular complexity index is 1060. The number of hydrogen-bond donors (Lipinski definition) is 1. The number of nitro groups is 1. The summed E-state index contributed by atoms with van der Waals surface area (Å²) in [5.74, 6) is 0.704. The number of hydrazone groups is 1. The average molecular weight is 445 g/mol. The van der Waals surface area contributed by atoms with Gasteiger partial charge in [-0.15, -0.1) is 0 Å². The van der Waals surface area contributed by atoms with Gasteiger partial charge in [0.2, 0.25) is 0 Å². The molecule has 3 rings (SSSR count). The summed E-state index contributed by atoms with van der Waals surface area (Å²) >= 11 is 3.24. The molecule has 1 N–H and O–H groups in total. The molecular formula is C18H13BrN4O5. The third-order valence-corrected chi connectivity index (χ3v) is 4.05. The van der Waals surface area contributed by atoms with E-state index in [-0.39, 0.29) is 5.69 Å². The summed E-state index contributed by atoms with van der Waals surface area (Å²) in [5.41, 5.74) is 3.19. The second-order valence-electron chi connectivity index (χ2n) is 5.43. The third kappa shape index (κ3) is 4.41. The fourth-order valence-electron chi connectivity index (χ4n) is 2.32. The standard InChI is InChI=1S/C18H13BrN4O5/c1-27-17-7-13(23(25)26)2-4-15(17)16-5-3-14(28-16)10-21-22-18(24)11-6-12(19)9-20-8-11/h2-10H,1H3,(H,22,24)/b21-10-. The molecule has 142 valence electrons. The maximum atomic E-state index is 12.0. The van der Waals surface area contributed by atoms with Gasteiger partial charge in [0.15, 0.2) is 0 Å². The zero-order valence-corrected chi connectivity index (χ0v) is 16.0. The van der Waals surface area contributed by atoms with Gasteiger partial charge in [-0.25, -0.2) is 5.43 Å². The Morgan fingerprint density at radius 3 is 2.86 bits per heavy atom. The number of non-ortho nitro benzene ring substituents is 1. The molecule has 28 heavy (non-hydrogen) atoms. The molecule has 0 atom stereocenters. The Balaban J connectivity index is 1.73. The Hall–Kier alpha value is -3.53. The average Bonchev–Trinajstić information content (AvgIpc) is 3.16. The lowest BCUT2D eigenvalue weighted by molar-refractivity contribution is -0.384. The molecule has 0 bridgehead atoms. The molecule has 2 aromatic heterocycles. The number of aromatic nitrogens is 1. The van der Waals surface area contributed by atoms with Crippen LogP contribution in [0.1, 0.15) is 16.1 Å². The van der Waals surface area contributed by atoms with Crippen LogP contribution in [0.3, 0.4) is 0 Å². The van der Waals surface area contributed by atoms with E-state index in [4.69, 9.17) is 9.15 Å². The highest BCUT2D eigenvalue weighted by molar-refractivity contribution is 9.10. The van der Waals surface area contributed by atoms with Crippen molar-refractivity contribution in [1.29, 1.82) is 0 Å². The van der Waals surface area contributed by atoms with Gasteiger partial charge in [0, 0.05) is 22.9 Å². The second-order valence-corrected chi connectivity index (χ2v) is 6.35. The summed E-state index contributed by atoms with van der Waals surface area (Å²) in [6, 6.07) is 9.15. The van der Waals surface area contributed by atoms with E-state index in [1.165, 1.54) is 31.7 Å². The molecule has 0 aliphatic heterocycles. The molecule has 0 saturated carbocycles. The number of carbonyl (C=O) groups excluding carboxylic acids is 1. The third-order valence-electron chi connectivity index (χ3n) is 3.61. The highest BCUT2D eigenvalue weighted by atomic mass is 79.9. The van der Waals surface area contributed by atoms with Crippen molar-refractivity contribution in [2.45, 2.75) is 0 Å².